The van der Waals surface area contributed by atoms with E-state index in [-0.39, 0.29) is 18.1 Å². The molecule has 0 atom stereocenters. The zero-order valence-electron chi connectivity index (χ0n) is 13.9. The molecule has 7 nitrogen and oxygen atoms in total. The highest BCUT2D eigenvalue weighted by atomic mass is 32.1. The lowest BCUT2D eigenvalue weighted by Crippen LogP contribution is -2.30. The summed E-state index contributed by atoms with van der Waals surface area (Å²) in [5.74, 6) is -0.973. The molecule has 3 heterocycles. The van der Waals surface area contributed by atoms with Crippen LogP contribution in [0.15, 0.2) is 18.2 Å². The molecule has 1 amide bonds. The van der Waals surface area contributed by atoms with Gasteiger partial charge in [-0.1, -0.05) is 0 Å². The Hall–Kier alpha value is -2.48. The summed E-state index contributed by atoms with van der Waals surface area (Å²) in [6.45, 7) is 3.25. The van der Waals surface area contributed by atoms with E-state index < -0.39 is 5.97 Å². The number of rotatable bonds is 5. The lowest BCUT2D eigenvalue weighted by molar-refractivity contribution is -0.136. The van der Waals surface area contributed by atoms with Gasteiger partial charge in [-0.2, -0.15) is 5.10 Å². The van der Waals surface area contributed by atoms with Crippen molar-refractivity contribution in [1.29, 1.82) is 0 Å². The number of carbonyl (C=O) groups excluding carboxylic acids is 2. The molecule has 0 spiro atoms. The van der Waals surface area contributed by atoms with Crippen LogP contribution in [-0.2, 0) is 24.3 Å². The second-order valence-corrected chi connectivity index (χ2v) is 7.13. The number of amides is 1. The molecule has 132 valence electrons. The van der Waals surface area contributed by atoms with Crippen molar-refractivity contribution < 1.29 is 19.5 Å². The van der Waals surface area contributed by atoms with Gasteiger partial charge in [0.25, 0.3) is 5.91 Å². The molecule has 0 saturated heterocycles. The van der Waals surface area contributed by atoms with Crippen LogP contribution in [0, 0.1) is 0 Å². The maximum atomic E-state index is 12.7. The van der Waals surface area contributed by atoms with E-state index in [1.165, 1.54) is 18.3 Å². The second kappa shape index (κ2) is 7.18. The lowest BCUT2D eigenvalue weighted by atomic mass is 10.2. The van der Waals surface area contributed by atoms with Gasteiger partial charge in [-0.25, -0.2) is 0 Å². The van der Waals surface area contributed by atoms with E-state index in [1.54, 1.807) is 17.0 Å². The second-order valence-electron chi connectivity index (χ2n) is 6.04. The molecule has 0 aliphatic carbocycles. The van der Waals surface area contributed by atoms with Gasteiger partial charge in [-0.15, -0.1) is 11.3 Å². The number of carboxylic acids is 1. The third kappa shape index (κ3) is 3.96. The Morgan fingerprint density at radius 1 is 1.24 bits per heavy atom. The van der Waals surface area contributed by atoms with Crippen molar-refractivity contribution in [2.75, 3.05) is 6.54 Å². The smallest absolute Gasteiger partial charge is 0.303 e. The standard InChI is InChI=1S/C17H19N3O4S/c1-11(21)14-4-5-15(25-14)17(24)19-7-2-8-20-13(10-19)9-12(18-20)3-6-16(22)23/h4-5,9H,2-3,6-8,10H2,1H3,(H,22,23). The fourth-order valence-corrected chi connectivity index (χ4v) is 3.72. The number of carbonyl (C=O) groups is 3. The van der Waals surface area contributed by atoms with Crippen molar-refractivity contribution in [1.82, 2.24) is 14.7 Å². The minimum absolute atomic E-state index is 0.0407. The zero-order chi connectivity index (χ0) is 18.0. The molecule has 0 aromatic carbocycles. The molecule has 1 aliphatic rings. The number of ketones is 1. The van der Waals surface area contributed by atoms with Crippen LogP contribution in [0.4, 0.5) is 0 Å². The van der Waals surface area contributed by atoms with Crippen LogP contribution < -0.4 is 0 Å². The molecule has 0 radical (unpaired) electrons. The molecule has 0 unspecified atom stereocenters. The third-order valence-electron chi connectivity index (χ3n) is 4.11. The first-order chi connectivity index (χ1) is 11.9. The van der Waals surface area contributed by atoms with Gasteiger partial charge in [0.05, 0.1) is 34.1 Å². The SMILES string of the molecule is CC(=O)c1ccc(C(=O)N2CCCn3nc(CCC(=O)O)cc3C2)s1. The lowest BCUT2D eigenvalue weighted by Gasteiger charge is -2.19. The Kier molecular flexibility index (Phi) is 4.98. The molecule has 0 fully saturated rings. The van der Waals surface area contributed by atoms with E-state index in [4.69, 9.17) is 5.11 Å². The third-order valence-corrected chi connectivity index (χ3v) is 5.28. The maximum absolute atomic E-state index is 12.7. The van der Waals surface area contributed by atoms with Gasteiger partial charge in [0, 0.05) is 19.5 Å². The highest BCUT2D eigenvalue weighted by molar-refractivity contribution is 7.15. The minimum Gasteiger partial charge on any atom is -0.481 e. The summed E-state index contributed by atoms with van der Waals surface area (Å²) in [5, 5.41) is 13.2. The number of carboxylic acid groups (broad SMARTS) is 1. The number of hydrogen-bond donors (Lipinski definition) is 1. The first-order valence-corrected chi connectivity index (χ1v) is 8.93. The van der Waals surface area contributed by atoms with Crippen LogP contribution in [0.25, 0.3) is 0 Å². The van der Waals surface area contributed by atoms with Crippen LogP contribution in [0.5, 0.6) is 0 Å². The maximum Gasteiger partial charge on any atom is 0.303 e. The van der Waals surface area contributed by atoms with Crippen molar-refractivity contribution in [2.45, 2.75) is 39.3 Å². The molecule has 3 rings (SSSR count). The normalized spacial score (nSPS) is 14.0. The van der Waals surface area contributed by atoms with Crippen molar-refractivity contribution in [3.63, 3.8) is 0 Å². The Morgan fingerprint density at radius 3 is 2.68 bits per heavy atom. The molecular formula is C17H19N3O4S. The van der Waals surface area contributed by atoms with Gasteiger partial charge in [-0.05, 0) is 31.5 Å². The van der Waals surface area contributed by atoms with Crippen LogP contribution in [0.3, 0.4) is 0 Å². The number of nitrogens with zero attached hydrogens (tertiary/aromatic N) is 3. The number of aryl methyl sites for hydroxylation is 2. The topological polar surface area (TPSA) is 92.5 Å². The van der Waals surface area contributed by atoms with E-state index in [9.17, 15) is 14.4 Å². The van der Waals surface area contributed by atoms with Crippen LogP contribution in [-0.4, -0.2) is 44.0 Å². The highest BCUT2D eigenvalue weighted by Gasteiger charge is 2.23. The average Bonchev–Trinajstić information content (AvgIpc) is 3.15. The van der Waals surface area contributed by atoms with Crippen LogP contribution in [0.2, 0.25) is 0 Å². The number of fused-ring (bicyclic) bond motifs is 1. The van der Waals surface area contributed by atoms with E-state index in [1.807, 2.05) is 10.7 Å². The Balaban J connectivity index is 1.74. The van der Waals surface area contributed by atoms with Crippen molar-refractivity contribution in [3.05, 3.63) is 39.3 Å². The van der Waals surface area contributed by atoms with Gasteiger partial charge in [0.1, 0.15) is 0 Å². The van der Waals surface area contributed by atoms with Crippen molar-refractivity contribution in [3.8, 4) is 0 Å². The Labute approximate surface area is 148 Å². The highest BCUT2D eigenvalue weighted by Crippen LogP contribution is 2.22. The summed E-state index contributed by atoms with van der Waals surface area (Å²) in [5.41, 5.74) is 1.65. The van der Waals surface area contributed by atoms with Crippen LogP contribution >= 0.6 is 11.3 Å². The van der Waals surface area contributed by atoms with Gasteiger partial charge in [0.15, 0.2) is 5.78 Å². The zero-order valence-corrected chi connectivity index (χ0v) is 14.7. The number of aliphatic carboxylic acids is 1. The fraction of sp³-hybridized carbons (Fsp3) is 0.412. The summed E-state index contributed by atoms with van der Waals surface area (Å²) >= 11 is 1.22. The molecule has 2 aromatic heterocycles. The van der Waals surface area contributed by atoms with Gasteiger partial charge < -0.3 is 10.0 Å². The number of thiophene rings is 1. The summed E-state index contributed by atoms with van der Waals surface area (Å²) in [6.07, 6.45) is 1.21. The summed E-state index contributed by atoms with van der Waals surface area (Å²) in [7, 11) is 0. The minimum atomic E-state index is -0.848. The fourth-order valence-electron chi connectivity index (χ4n) is 2.85. The monoisotopic (exact) mass is 361 g/mol. The molecular weight excluding hydrogens is 342 g/mol. The average molecular weight is 361 g/mol. The summed E-state index contributed by atoms with van der Waals surface area (Å²) in [4.78, 5) is 37.8. The molecule has 25 heavy (non-hydrogen) atoms. The molecule has 0 bridgehead atoms. The van der Waals surface area contributed by atoms with Gasteiger partial charge >= 0.3 is 5.97 Å². The van der Waals surface area contributed by atoms with Crippen molar-refractivity contribution >= 4 is 29.0 Å². The first-order valence-electron chi connectivity index (χ1n) is 8.11. The Morgan fingerprint density at radius 2 is 2.00 bits per heavy atom. The number of Topliss-reactive ketones (excluding diaryl/α,β-unsaturated/α-hetero) is 1. The number of hydrogen-bond acceptors (Lipinski definition) is 5. The molecule has 0 saturated carbocycles. The largest absolute Gasteiger partial charge is 0.481 e. The summed E-state index contributed by atoms with van der Waals surface area (Å²) < 4.78 is 1.86. The van der Waals surface area contributed by atoms with Gasteiger partial charge in [-0.3, -0.25) is 19.1 Å². The molecule has 1 aliphatic heterocycles. The number of aromatic nitrogens is 2. The van der Waals surface area contributed by atoms with Crippen molar-refractivity contribution in [2.24, 2.45) is 0 Å². The predicted octanol–water partition coefficient (Wildman–Crippen LogP) is 2.21. The van der Waals surface area contributed by atoms with E-state index >= 15 is 0 Å². The molecule has 2 aromatic rings. The van der Waals surface area contributed by atoms with Crippen LogP contribution in [0.1, 0.15) is 50.5 Å². The van der Waals surface area contributed by atoms with E-state index in [2.05, 4.69) is 5.10 Å². The predicted molar refractivity (Wildman–Crippen MR) is 91.9 cm³/mol. The van der Waals surface area contributed by atoms with E-state index in [0.29, 0.717) is 35.8 Å². The summed E-state index contributed by atoms with van der Waals surface area (Å²) in [6, 6.07) is 5.26. The first kappa shape index (κ1) is 17.3. The quantitative estimate of drug-likeness (QED) is 0.824. The molecule has 1 N–H and O–H groups in total. The Bertz CT molecular complexity index is 824. The van der Waals surface area contributed by atoms with E-state index in [0.717, 1.165) is 17.8 Å². The van der Waals surface area contributed by atoms with Gasteiger partial charge in [0.2, 0.25) is 0 Å². The molecule has 8 heteroatoms.